The molecule has 0 saturated heterocycles. The van der Waals surface area contributed by atoms with Crippen molar-refractivity contribution >= 4 is 17.6 Å². The van der Waals surface area contributed by atoms with Crippen molar-refractivity contribution in [1.29, 1.82) is 0 Å². The Balaban J connectivity index is 2.68. The molecule has 5 heteroatoms. The van der Waals surface area contributed by atoms with Crippen LogP contribution < -0.4 is 5.32 Å². The largest absolute Gasteiger partial charge is 0.384 e. The molecule has 0 fully saturated rings. The zero-order chi connectivity index (χ0) is 11.1. The van der Waals surface area contributed by atoms with Gasteiger partial charge in [-0.05, 0) is 0 Å². The van der Waals surface area contributed by atoms with Crippen LogP contribution in [0.15, 0.2) is 11.1 Å². The molecular weight excluding hydrogens is 210 g/mol. The van der Waals surface area contributed by atoms with Gasteiger partial charge in [-0.1, -0.05) is 6.92 Å². The van der Waals surface area contributed by atoms with Crippen LogP contribution in [0.5, 0.6) is 0 Å². The van der Waals surface area contributed by atoms with Crippen LogP contribution in [0.1, 0.15) is 12.7 Å². The lowest BCUT2D eigenvalue weighted by atomic mass is 10.4. The van der Waals surface area contributed by atoms with Crippen molar-refractivity contribution in [3.8, 4) is 0 Å². The molecule has 0 atom stereocenters. The number of aryl methyl sites for hydroxylation is 1. The topological polar surface area (TPSA) is 47.0 Å². The summed E-state index contributed by atoms with van der Waals surface area (Å²) in [6.45, 7) is 2.80. The van der Waals surface area contributed by atoms with Gasteiger partial charge in [0.05, 0.1) is 6.61 Å². The Morgan fingerprint density at radius 2 is 2.27 bits per heavy atom. The summed E-state index contributed by atoms with van der Waals surface area (Å²) in [5.41, 5.74) is 0. The van der Waals surface area contributed by atoms with E-state index in [1.54, 1.807) is 18.9 Å². The predicted molar refractivity (Wildman–Crippen MR) is 63.6 cm³/mol. The highest BCUT2D eigenvalue weighted by Gasteiger charge is 2.02. The highest BCUT2D eigenvalue weighted by Crippen LogP contribution is 2.18. The second-order valence-electron chi connectivity index (χ2n) is 2.95. The summed E-state index contributed by atoms with van der Waals surface area (Å²) in [4.78, 5) is 8.76. The van der Waals surface area contributed by atoms with Gasteiger partial charge < -0.3 is 10.1 Å². The van der Waals surface area contributed by atoms with Gasteiger partial charge in [-0.3, -0.25) is 0 Å². The SMILES string of the molecule is CCc1nc(NC)cc(SCCOC)n1. The van der Waals surface area contributed by atoms with Gasteiger partial charge in [0.2, 0.25) is 0 Å². The number of hydrogen-bond donors (Lipinski definition) is 1. The van der Waals surface area contributed by atoms with Crippen LogP contribution in [0.3, 0.4) is 0 Å². The molecule has 1 heterocycles. The fraction of sp³-hybridized carbons (Fsp3) is 0.600. The average Bonchev–Trinajstić information content (AvgIpc) is 2.29. The third kappa shape index (κ3) is 4.05. The number of nitrogens with one attached hydrogen (secondary N) is 1. The molecule has 15 heavy (non-hydrogen) atoms. The van der Waals surface area contributed by atoms with Gasteiger partial charge >= 0.3 is 0 Å². The summed E-state index contributed by atoms with van der Waals surface area (Å²) in [6, 6.07) is 1.96. The lowest BCUT2D eigenvalue weighted by molar-refractivity contribution is 0.218. The lowest BCUT2D eigenvalue weighted by Gasteiger charge is -2.05. The molecule has 84 valence electrons. The molecule has 0 bridgehead atoms. The summed E-state index contributed by atoms with van der Waals surface area (Å²) < 4.78 is 5.00. The number of nitrogens with zero attached hydrogens (tertiary/aromatic N) is 2. The highest BCUT2D eigenvalue weighted by molar-refractivity contribution is 7.99. The lowest BCUT2D eigenvalue weighted by Crippen LogP contribution is -2.01. The molecule has 0 spiro atoms. The second-order valence-corrected chi connectivity index (χ2v) is 4.07. The van der Waals surface area contributed by atoms with Gasteiger partial charge in [0.1, 0.15) is 16.7 Å². The molecule has 0 aliphatic heterocycles. The number of methoxy groups -OCH3 is 1. The maximum Gasteiger partial charge on any atom is 0.131 e. The Hall–Kier alpha value is -0.810. The number of anilines is 1. The number of ether oxygens (including phenoxy) is 1. The number of thioether (sulfide) groups is 1. The first-order chi connectivity index (χ1) is 7.30. The van der Waals surface area contributed by atoms with Crippen molar-refractivity contribution in [2.75, 3.05) is 31.8 Å². The van der Waals surface area contributed by atoms with E-state index in [1.807, 2.05) is 13.1 Å². The maximum absolute atomic E-state index is 5.00. The van der Waals surface area contributed by atoms with Crippen LogP contribution in [0.4, 0.5) is 5.82 Å². The Kier molecular flexibility index (Phi) is 5.42. The third-order valence-electron chi connectivity index (χ3n) is 1.86. The molecule has 4 nitrogen and oxygen atoms in total. The standard InChI is InChI=1S/C10H17N3OS/c1-4-8-12-9(11-2)7-10(13-8)15-6-5-14-3/h7H,4-6H2,1-3H3,(H,11,12,13). The van der Waals surface area contributed by atoms with E-state index < -0.39 is 0 Å². The van der Waals surface area contributed by atoms with Gasteiger partial charge in [-0.2, -0.15) is 0 Å². The van der Waals surface area contributed by atoms with Gasteiger partial charge in [-0.15, -0.1) is 11.8 Å². The van der Waals surface area contributed by atoms with Crippen molar-refractivity contribution in [3.63, 3.8) is 0 Å². The minimum atomic E-state index is 0.741. The number of hydrogen-bond acceptors (Lipinski definition) is 5. The van der Waals surface area contributed by atoms with E-state index in [1.165, 1.54) is 0 Å². The predicted octanol–water partition coefficient (Wildman–Crippen LogP) is 1.82. The van der Waals surface area contributed by atoms with Gasteiger partial charge in [0.25, 0.3) is 0 Å². The summed E-state index contributed by atoms with van der Waals surface area (Å²) in [5, 5.41) is 4.04. The van der Waals surface area contributed by atoms with E-state index in [2.05, 4.69) is 22.2 Å². The number of rotatable bonds is 6. The molecule has 1 aromatic heterocycles. The first-order valence-electron chi connectivity index (χ1n) is 4.97. The van der Waals surface area contributed by atoms with E-state index in [0.29, 0.717) is 0 Å². The fourth-order valence-corrected chi connectivity index (χ4v) is 1.89. The first-order valence-corrected chi connectivity index (χ1v) is 5.96. The summed E-state index contributed by atoms with van der Waals surface area (Å²) in [6.07, 6.45) is 0.855. The molecule has 0 unspecified atom stereocenters. The van der Waals surface area contributed by atoms with Crippen LogP contribution >= 0.6 is 11.8 Å². The number of aromatic nitrogens is 2. The molecule has 1 N–H and O–H groups in total. The van der Waals surface area contributed by atoms with Crippen LogP contribution in [0.2, 0.25) is 0 Å². The molecule has 0 radical (unpaired) electrons. The molecule has 0 aromatic carbocycles. The summed E-state index contributed by atoms with van der Waals surface area (Å²) >= 11 is 1.69. The Bertz CT molecular complexity index is 284. The van der Waals surface area contributed by atoms with E-state index >= 15 is 0 Å². The van der Waals surface area contributed by atoms with Gasteiger partial charge in [0, 0.05) is 32.4 Å². The molecular formula is C10H17N3OS. The zero-order valence-corrected chi connectivity index (χ0v) is 10.2. The van der Waals surface area contributed by atoms with E-state index in [4.69, 9.17) is 4.74 Å². The van der Waals surface area contributed by atoms with Crippen LogP contribution in [-0.2, 0) is 11.2 Å². The van der Waals surface area contributed by atoms with E-state index in [9.17, 15) is 0 Å². The molecule has 0 saturated carbocycles. The normalized spacial score (nSPS) is 10.3. The first kappa shape index (κ1) is 12.3. The monoisotopic (exact) mass is 227 g/mol. The van der Waals surface area contributed by atoms with Crippen molar-refractivity contribution in [2.24, 2.45) is 0 Å². The Morgan fingerprint density at radius 1 is 1.47 bits per heavy atom. The van der Waals surface area contributed by atoms with E-state index in [0.717, 1.165) is 35.4 Å². The molecule has 0 aliphatic carbocycles. The van der Waals surface area contributed by atoms with Gasteiger partial charge in [-0.25, -0.2) is 9.97 Å². The highest BCUT2D eigenvalue weighted by atomic mass is 32.2. The smallest absolute Gasteiger partial charge is 0.131 e. The fourth-order valence-electron chi connectivity index (χ4n) is 1.06. The molecule has 0 amide bonds. The molecule has 1 aromatic rings. The van der Waals surface area contributed by atoms with Crippen molar-refractivity contribution in [2.45, 2.75) is 18.4 Å². The Labute approximate surface area is 94.8 Å². The summed E-state index contributed by atoms with van der Waals surface area (Å²) in [5.74, 6) is 2.67. The Morgan fingerprint density at radius 3 is 2.87 bits per heavy atom. The third-order valence-corrected chi connectivity index (χ3v) is 2.73. The van der Waals surface area contributed by atoms with Crippen molar-refractivity contribution < 1.29 is 4.74 Å². The van der Waals surface area contributed by atoms with E-state index in [-0.39, 0.29) is 0 Å². The quantitative estimate of drug-likeness (QED) is 0.456. The summed E-state index contributed by atoms with van der Waals surface area (Å²) in [7, 11) is 3.57. The van der Waals surface area contributed by atoms with Crippen LogP contribution in [-0.4, -0.2) is 36.5 Å². The minimum absolute atomic E-state index is 0.741. The second kappa shape index (κ2) is 6.63. The molecule has 0 aliphatic rings. The zero-order valence-electron chi connectivity index (χ0n) is 9.41. The van der Waals surface area contributed by atoms with Crippen LogP contribution in [0.25, 0.3) is 0 Å². The van der Waals surface area contributed by atoms with Crippen LogP contribution in [0, 0.1) is 0 Å². The van der Waals surface area contributed by atoms with Gasteiger partial charge in [0.15, 0.2) is 0 Å². The van der Waals surface area contributed by atoms with Crippen molar-refractivity contribution in [1.82, 2.24) is 9.97 Å². The molecule has 1 rings (SSSR count). The average molecular weight is 227 g/mol. The maximum atomic E-state index is 5.00. The minimum Gasteiger partial charge on any atom is -0.384 e. The van der Waals surface area contributed by atoms with Crippen molar-refractivity contribution in [3.05, 3.63) is 11.9 Å².